The Labute approximate surface area is 201 Å². The summed E-state index contributed by atoms with van der Waals surface area (Å²) in [5, 5.41) is 11.4. The van der Waals surface area contributed by atoms with Crippen molar-refractivity contribution in [3.63, 3.8) is 0 Å². The van der Waals surface area contributed by atoms with Gasteiger partial charge < -0.3 is 24.1 Å². The molecule has 1 unspecified atom stereocenters. The molecule has 2 aliphatic heterocycles. The molecule has 2 heterocycles. The first kappa shape index (κ1) is 22.3. The fourth-order valence-electron chi connectivity index (χ4n) is 4.38. The Kier molecular flexibility index (Phi) is 5.78. The Morgan fingerprint density at radius 1 is 0.914 bits per heavy atom. The summed E-state index contributed by atoms with van der Waals surface area (Å²) in [4.78, 5) is 28.1. The first-order valence-electron chi connectivity index (χ1n) is 11.0. The lowest BCUT2D eigenvalue weighted by Gasteiger charge is -2.27. The first-order chi connectivity index (χ1) is 17.0. The number of ketones is 1. The minimum atomic E-state index is -0.880. The maximum Gasteiger partial charge on any atom is 0.300 e. The van der Waals surface area contributed by atoms with Crippen LogP contribution in [0.1, 0.15) is 17.2 Å². The molecule has 5 rings (SSSR count). The summed E-state index contributed by atoms with van der Waals surface area (Å²) >= 11 is 0. The smallest absolute Gasteiger partial charge is 0.300 e. The third kappa shape index (κ3) is 3.82. The Hall–Kier alpha value is -4.46. The van der Waals surface area contributed by atoms with Crippen molar-refractivity contribution in [3.8, 4) is 23.0 Å². The molecule has 1 saturated heterocycles. The molecule has 0 spiro atoms. The maximum atomic E-state index is 13.4. The van der Waals surface area contributed by atoms with Gasteiger partial charge in [-0.15, -0.1) is 0 Å². The fourth-order valence-corrected chi connectivity index (χ4v) is 4.38. The number of methoxy groups -OCH3 is 2. The molecule has 3 aromatic carbocycles. The van der Waals surface area contributed by atoms with E-state index in [4.69, 9.17) is 18.9 Å². The molecule has 0 saturated carbocycles. The van der Waals surface area contributed by atoms with Crippen molar-refractivity contribution in [1.82, 2.24) is 0 Å². The van der Waals surface area contributed by atoms with Crippen LogP contribution < -0.4 is 23.8 Å². The number of anilines is 1. The summed E-state index contributed by atoms with van der Waals surface area (Å²) in [6, 6.07) is 18.1. The van der Waals surface area contributed by atoms with Gasteiger partial charge in [0.25, 0.3) is 11.7 Å². The second-order valence-corrected chi connectivity index (χ2v) is 7.97. The molecule has 3 aromatic rings. The summed E-state index contributed by atoms with van der Waals surface area (Å²) < 4.78 is 22.0. The predicted molar refractivity (Wildman–Crippen MR) is 128 cm³/mol. The number of hydrogen-bond donors (Lipinski definition) is 1. The number of nitrogens with zero attached hydrogens (tertiary/aromatic N) is 1. The van der Waals surface area contributed by atoms with E-state index in [2.05, 4.69) is 0 Å². The average Bonchev–Trinajstić information content (AvgIpc) is 3.18. The molecular formula is C27H23NO7. The van der Waals surface area contributed by atoms with Gasteiger partial charge in [-0.05, 0) is 35.9 Å². The zero-order chi connectivity index (χ0) is 24.5. The Morgan fingerprint density at radius 2 is 1.66 bits per heavy atom. The van der Waals surface area contributed by atoms with Gasteiger partial charge in [-0.2, -0.15) is 0 Å². The van der Waals surface area contributed by atoms with E-state index in [1.807, 2.05) is 18.2 Å². The minimum Gasteiger partial charge on any atom is -0.507 e. The average molecular weight is 473 g/mol. The molecule has 0 aliphatic carbocycles. The summed E-state index contributed by atoms with van der Waals surface area (Å²) in [7, 11) is 2.96. The molecule has 0 bridgehead atoms. The molecule has 1 amide bonds. The van der Waals surface area contributed by atoms with Crippen LogP contribution in [0.2, 0.25) is 0 Å². The van der Waals surface area contributed by atoms with E-state index >= 15 is 0 Å². The number of aliphatic hydroxyl groups is 1. The number of hydrogen-bond acceptors (Lipinski definition) is 7. The topological polar surface area (TPSA) is 94.5 Å². The highest BCUT2D eigenvalue weighted by molar-refractivity contribution is 6.51. The first-order valence-corrected chi connectivity index (χ1v) is 11.0. The van der Waals surface area contributed by atoms with Gasteiger partial charge in [0.05, 0.1) is 31.4 Å². The van der Waals surface area contributed by atoms with E-state index in [9.17, 15) is 14.7 Å². The van der Waals surface area contributed by atoms with Gasteiger partial charge in [-0.25, -0.2) is 0 Å². The van der Waals surface area contributed by atoms with E-state index in [1.54, 1.807) is 48.5 Å². The van der Waals surface area contributed by atoms with Gasteiger partial charge in [0, 0.05) is 11.8 Å². The lowest BCUT2D eigenvalue weighted by atomic mass is 9.94. The van der Waals surface area contributed by atoms with Gasteiger partial charge in [0.2, 0.25) is 0 Å². The number of aliphatic hydroxyl groups excluding tert-OH is 1. The quantitative estimate of drug-likeness (QED) is 0.339. The van der Waals surface area contributed by atoms with Crippen molar-refractivity contribution in [2.45, 2.75) is 6.04 Å². The van der Waals surface area contributed by atoms with E-state index < -0.39 is 17.7 Å². The van der Waals surface area contributed by atoms with Crippen molar-refractivity contribution in [2.24, 2.45) is 0 Å². The minimum absolute atomic E-state index is 0.0531. The molecule has 0 aromatic heterocycles. The lowest BCUT2D eigenvalue weighted by molar-refractivity contribution is -0.132. The SMILES string of the molecule is COc1ccc(OC)c(/C(O)=C2\C(=O)C(=O)N(c3ccc4c(c3)OCCO4)C2c2ccccc2)c1. The molecule has 2 aliphatic rings. The number of benzene rings is 3. The van der Waals surface area contributed by atoms with Crippen LogP contribution in [0.5, 0.6) is 23.0 Å². The number of amides is 1. The van der Waals surface area contributed by atoms with Crippen LogP contribution in [0.25, 0.3) is 5.76 Å². The second kappa shape index (κ2) is 9.06. The second-order valence-electron chi connectivity index (χ2n) is 7.97. The van der Waals surface area contributed by atoms with Crippen molar-refractivity contribution in [3.05, 3.63) is 83.4 Å². The third-order valence-electron chi connectivity index (χ3n) is 6.03. The number of carbonyl (C=O) groups excluding carboxylic acids is 2. The van der Waals surface area contributed by atoms with Gasteiger partial charge in [0.15, 0.2) is 11.5 Å². The summed E-state index contributed by atoms with van der Waals surface area (Å²) in [6.07, 6.45) is 0. The molecule has 1 fully saturated rings. The monoisotopic (exact) mass is 473 g/mol. The largest absolute Gasteiger partial charge is 0.507 e. The van der Waals surface area contributed by atoms with Gasteiger partial charge >= 0.3 is 0 Å². The van der Waals surface area contributed by atoms with Crippen LogP contribution >= 0.6 is 0 Å². The zero-order valence-corrected chi connectivity index (χ0v) is 19.2. The van der Waals surface area contributed by atoms with E-state index in [-0.39, 0.29) is 16.9 Å². The van der Waals surface area contributed by atoms with Gasteiger partial charge in [-0.1, -0.05) is 30.3 Å². The third-order valence-corrected chi connectivity index (χ3v) is 6.03. The number of fused-ring (bicyclic) bond motifs is 1. The van der Waals surface area contributed by atoms with Gasteiger partial charge in [-0.3, -0.25) is 14.5 Å². The summed E-state index contributed by atoms with van der Waals surface area (Å²) in [5.74, 6) is -0.0840. The molecule has 178 valence electrons. The Bertz CT molecular complexity index is 1330. The molecular weight excluding hydrogens is 450 g/mol. The van der Waals surface area contributed by atoms with Crippen molar-refractivity contribution < 1.29 is 33.6 Å². The highest BCUT2D eigenvalue weighted by Crippen LogP contribution is 2.45. The summed E-state index contributed by atoms with van der Waals surface area (Å²) in [6.45, 7) is 0.816. The molecule has 8 heteroatoms. The highest BCUT2D eigenvalue weighted by atomic mass is 16.6. The van der Waals surface area contributed by atoms with Crippen molar-refractivity contribution >= 4 is 23.1 Å². The molecule has 0 radical (unpaired) electrons. The standard InChI is InChI=1S/C27H23NO7/c1-32-18-9-11-20(33-2)19(15-18)25(29)23-24(16-6-4-3-5-7-16)28(27(31)26(23)30)17-8-10-21-22(14-17)35-13-12-34-21/h3-11,14-15,24,29H,12-13H2,1-2H3/b25-23+. The Balaban J connectivity index is 1.71. The van der Waals surface area contributed by atoms with Crippen LogP contribution in [-0.4, -0.2) is 44.2 Å². The predicted octanol–water partition coefficient (Wildman–Crippen LogP) is 4.10. The number of Topliss-reactive ketones (excluding diaryl/α,β-unsaturated/α-hetero) is 1. The van der Waals surface area contributed by atoms with Crippen LogP contribution in [0.3, 0.4) is 0 Å². The van der Waals surface area contributed by atoms with E-state index in [1.165, 1.54) is 19.1 Å². The lowest BCUT2D eigenvalue weighted by Crippen LogP contribution is -2.29. The molecule has 1 atom stereocenters. The number of carbonyl (C=O) groups is 2. The highest BCUT2D eigenvalue weighted by Gasteiger charge is 2.47. The van der Waals surface area contributed by atoms with Gasteiger partial charge in [0.1, 0.15) is 30.5 Å². The van der Waals surface area contributed by atoms with Crippen LogP contribution in [0.4, 0.5) is 5.69 Å². The number of ether oxygens (including phenoxy) is 4. The fraction of sp³-hybridized carbons (Fsp3) is 0.185. The number of rotatable bonds is 5. The molecule has 1 N–H and O–H groups in total. The van der Waals surface area contributed by atoms with E-state index in [0.29, 0.717) is 47.5 Å². The summed E-state index contributed by atoms with van der Waals surface area (Å²) in [5.41, 5.74) is 1.29. The van der Waals surface area contributed by atoms with Crippen molar-refractivity contribution in [2.75, 3.05) is 32.3 Å². The molecule has 35 heavy (non-hydrogen) atoms. The normalized spacial score (nSPS) is 18.5. The Morgan fingerprint density at radius 3 is 2.37 bits per heavy atom. The molecule has 8 nitrogen and oxygen atoms in total. The zero-order valence-electron chi connectivity index (χ0n) is 19.2. The van der Waals surface area contributed by atoms with Crippen LogP contribution in [-0.2, 0) is 9.59 Å². The van der Waals surface area contributed by atoms with E-state index in [0.717, 1.165) is 0 Å². The van der Waals surface area contributed by atoms with Crippen molar-refractivity contribution in [1.29, 1.82) is 0 Å². The van der Waals surface area contributed by atoms with Crippen LogP contribution in [0.15, 0.2) is 72.3 Å². The maximum absolute atomic E-state index is 13.4. The van der Waals surface area contributed by atoms with Crippen LogP contribution in [0, 0.1) is 0 Å².